The van der Waals surface area contributed by atoms with Crippen molar-refractivity contribution in [2.45, 2.75) is 6.42 Å². The summed E-state index contributed by atoms with van der Waals surface area (Å²) in [5.74, 6) is 1.03. The molecule has 0 saturated carbocycles. The number of benzene rings is 1. The van der Waals surface area contributed by atoms with Crippen LogP contribution in [0.4, 0.5) is 0 Å². The summed E-state index contributed by atoms with van der Waals surface area (Å²) in [6.45, 7) is 0. The van der Waals surface area contributed by atoms with Crippen LogP contribution in [0.1, 0.15) is 11.4 Å². The molecule has 3 rings (SSSR count). The lowest BCUT2D eigenvalue weighted by atomic mass is 10.1. The summed E-state index contributed by atoms with van der Waals surface area (Å²) in [4.78, 5) is 4.44. The van der Waals surface area contributed by atoms with Gasteiger partial charge < -0.3 is 4.40 Å². The normalized spacial score (nSPS) is 10.9. The standard InChI is InChI=1S/C14H11ClN2/c15-12-6-7-17-13(9-12)10-16-14(17)8-11-4-2-1-3-5-11/h1-7,9-10H,8H2. The van der Waals surface area contributed by atoms with Crippen LogP contribution in [-0.4, -0.2) is 9.38 Å². The summed E-state index contributed by atoms with van der Waals surface area (Å²) in [5, 5.41) is 0.740. The van der Waals surface area contributed by atoms with Crippen LogP contribution in [0.5, 0.6) is 0 Å². The summed E-state index contributed by atoms with van der Waals surface area (Å²) >= 11 is 5.95. The highest BCUT2D eigenvalue weighted by Crippen LogP contribution is 2.15. The van der Waals surface area contributed by atoms with Gasteiger partial charge in [0.25, 0.3) is 0 Å². The largest absolute Gasteiger partial charge is 0.303 e. The van der Waals surface area contributed by atoms with E-state index in [0.29, 0.717) is 0 Å². The Morgan fingerprint density at radius 3 is 2.76 bits per heavy atom. The molecule has 0 spiro atoms. The Morgan fingerprint density at radius 1 is 1.12 bits per heavy atom. The maximum atomic E-state index is 5.95. The first-order valence-corrected chi connectivity index (χ1v) is 5.86. The molecular weight excluding hydrogens is 232 g/mol. The van der Waals surface area contributed by atoms with E-state index in [1.54, 1.807) is 0 Å². The molecule has 1 aromatic carbocycles. The Labute approximate surface area is 104 Å². The van der Waals surface area contributed by atoms with Gasteiger partial charge in [0.2, 0.25) is 0 Å². The monoisotopic (exact) mass is 242 g/mol. The Bertz CT molecular complexity index is 644. The summed E-state index contributed by atoms with van der Waals surface area (Å²) in [6, 6.07) is 14.1. The molecule has 0 bridgehead atoms. The third-order valence-electron chi connectivity index (χ3n) is 2.78. The number of rotatable bonds is 2. The number of hydrogen-bond donors (Lipinski definition) is 0. The van der Waals surface area contributed by atoms with Gasteiger partial charge in [-0.3, -0.25) is 0 Å². The van der Waals surface area contributed by atoms with Crippen molar-refractivity contribution in [2.24, 2.45) is 0 Å². The minimum absolute atomic E-state index is 0.740. The van der Waals surface area contributed by atoms with E-state index in [2.05, 4.69) is 21.5 Å². The lowest BCUT2D eigenvalue weighted by Crippen LogP contribution is -1.95. The smallest absolute Gasteiger partial charge is 0.117 e. The molecule has 2 heterocycles. The zero-order chi connectivity index (χ0) is 11.7. The maximum absolute atomic E-state index is 5.95. The molecule has 0 unspecified atom stereocenters. The van der Waals surface area contributed by atoms with Crippen LogP contribution < -0.4 is 0 Å². The van der Waals surface area contributed by atoms with Gasteiger partial charge in [-0.15, -0.1) is 0 Å². The van der Waals surface area contributed by atoms with Crippen LogP contribution in [0.3, 0.4) is 0 Å². The van der Waals surface area contributed by atoms with Gasteiger partial charge >= 0.3 is 0 Å². The molecule has 17 heavy (non-hydrogen) atoms. The number of nitrogens with zero attached hydrogens (tertiary/aromatic N) is 2. The third kappa shape index (κ3) is 2.04. The zero-order valence-corrected chi connectivity index (χ0v) is 9.93. The van der Waals surface area contributed by atoms with Crippen LogP contribution in [0, 0.1) is 0 Å². The van der Waals surface area contributed by atoms with Crippen molar-refractivity contribution in [3.63, 3.8) is 0 Å². The number of hydrogen-bond acceptors (Lipinski definition) is 1. The number of aromatic nitrogens is 2. The highest BCUT2D eigenvalue weighted by molar-refractivity contribution is 6.30. The van der Waals surface area contributed by atoms with Crippen LogP contribution >= 0.6 is 11.6 Å². The van der Waals surface area contributed by atoms with Crippen LogP contribution in [0.25, 0.3) is 5.52 Å². The summed E-state index contributed by atoms with van der Waals surface area (Å²) in [7, 11) is 0. The van der Waals surface area contributed by atoms with E-state index in [1.807, 2.05) is 42.7 Å². The van der Waals surface area contributed by atoms with Crippen molar-refractivity contribution in [3.05, 3.63) is 71.3 Å². The van der Waals surface area contributed by atoms with Gasteiger partial charge in [0.1, 0.15) is 5.82 Å². The fourth-order valence-corrected chi connectivity index (χ4v) is 2.11. The molecule has 0 radical (unpaired) electrons. The van der Waals surface area contributed by atoms with Crippen molar-refractivity contribution >= 4 is 17.1 Å². The van der Waals surface area contributed by atoms with E-state index >= 15 is 0 Å². The molecule has 3 aromatic rings. The Kier molecular flexibility index (Phi) is 2.57. The summed E-state index contributed by atoms with van der Waals surface area (Å²) < 4.78 is 2.07. The molecule has 0 atom stereocenters. The average molecular weight is 243 g/mol. The topological polar surface area (TPSA) is 17.3 Å². The van der Waals surface area contributed by atoms with E-state index in [1.165, 1.54) is 5.56 Å². The van der Waals surface area contributed by atoms with Crippen molar-refractivity contribution < 1.29 is 0 Å². The van der Waals surface area contributed by atoms with Crippen LogP contribution in [0.2, 0.25) is 5.02 Å². The first-order valence-electron chi connectivity index (χ1n) is 5.48. The third-order valence-corrected chi connectivity index (χ3v) is 3.01. The highest BCUT2D eigenvalue weighted by Gasteiger charge is 2.04. The lowest BCUT2D eigenvalue weighted by Gasteiger charge is -2.01. The second-order valence-corrected chi connectivity index (χ2v) is 4.41. The second kappa shape index (κ2) is 4.22. The van der Waals surface area contributed by atoms with Gasteiger partial charge in [0, 0.05) is 17.6 Å². The lowest BCUT2D eigenvalue weighted by molar-refractivity contribution is 0.962. The molecular formula is C14H11ClN2. The molecule has 84 valence electrons. The molecule has 0 aliphatic rings. The fourth-order valence-electron chi connectivity index (χ4n) is 1.94. The SMILES string of the molecule is Clc1ccn2c(Cc3ccccc3)ncc2c1. The average Bonchev–Trinajstić information content (AvgIpc) is 2.73. The van der Waals surface area contributed by atoms with Crippen molar-refractivity contribution in [3.8, 4) is 0 Å². The highest BCUT2D eigenvalue weighted by atomic mass is 35.5. The molecule has 0 fully saturated rings. The number of imidazole rings is 1. The number of pyridine rings is 1. The van der Waals surface area contributed by atoms with Gasteiger partial charge in [-0.25, -0.2) is 4.98 Å². The van der Waals surface area contributed by atoms with Crippen molar-refractivity contribution in [2.75, 3.05) is 0 Å². The van der Waals surface area contributed by atoms with Crippen LogP contribution in [0.15, 0.2) is 54.9 Å². The minimum atomic E-state index is 0.740. The molecule has 3 heteroatoms. The Morgan fingerprint density at radius 2 is 1.94 bits per heavy atom. The second-order valence-electron chi connectivity index (χ2n) is 3.98. The molecule has 0 N–H and O–H groups in total. The summed E-state index contributed by atoms with van der Waals surface area (Å²) in [6.07, 6.45) is 4.64. The van der Waals surface area contributed by atoms with Crippen molar-refractivity contribution in [1.29, 1.82) is 0 Å². The molecule has 0 saturated heterocycles. The Balaban J connectivity index is 2.01. The van der Waals surface area contributed by atoms with E-state index in [0.717, 1.165) is 22.8 Å². The van der Waals surface area contributed by atoms with E-state index in [-0.39, 0.29) is 0 Å². The van der Waals surface area contributed by atoms with E-state index in [9.17, 15) is 0 Å². The molecule has 2 aromatic heterocycles. The minimum Gasteiger partial charge on any atom is -0.303 e. The zero-order valence-electron chi connectivity index (χ0n) is 9.18. The Hall–Kier alpha value is -1.80. The van der Waals surface area contributed by atoms with Gasteiger partial charge in [0.05, 0.1) is 11.7 Å². The van der Waals surface area contributed by atoms with Gasteiger partial charge in [-0.05, 0) is 17.7 Å². The molecule has 2 nitrogen and oxygen atoms in total. The van der Waals surface area contributed by atoms with Gasteiger partial charge in [0.15, 0.2) is 0 Å². The summed E-state index contributed by atoms with van der Waals surface area (Å²) in [5.41, 5.74) is 2.29. The predicted octanol–water partition coefficient (Wildman–Crippen LogP) is 3.58. The first kappa shape index (κ1) is 10.4. The maximum Gasteiger partial charge on any atom is 0.117 e. The van der Waals surface area contributed by atoms with Gasteiger partial charge in [-0.2, -0.15) is 0 Å². The van der Waals surface area contributed by atoms with E-state index in [4.69, 9.17) is 11.6 Å². The molecule has 0 amide bonds. The predicted molar refractivity (Wildman–Crippen MR) is 69.5 cm³/mol. The van der Waals surface area contributed by atoms with E-state index < -0.39 is 0 Å². The van der Waals surface area contributed by atoms with Crippen molar-refractivity contribution in [1.82, 2.24) is 9.38 Å². The molecule has 0 aliphatic carbocycles. The first-order chi connectivity index (χ1) is 8.33. The molecule has 0 aliphatic heterocycles. The van der Waals surface area contributed by atoms with Gasteiger partial charge in [-0.1, -0.05) is 41.9 Å². The number of fused-ring (bicyclic) bond motifs is 1. The fraction of sp³-hybridized carbons (Fsp3) is 0.0714. The van der Waals surface area contributed by atoms with Crippen LogP contribution in [-0.2, 0) is 6.42 Å². The number of halogens is 1. The quantitative estimate of drug-likeness (QED) is 0.672.